The number of nitrogens with zero attached hydrogens (tertiary/aromatic N) is 3. The molecule has 0 fully saturated rings. The molecule has 0 bridgehead atoms. The van der Waals surface area contributed by atoms with Crippen molar-refractivity contribution in [2.75, 3.05) is 0 Å². The average molecular weight is 327 g/mol. The van der Waals surface area contributed by atoms with Crippen LogP contribution in [0.15, 0.2) is 35.7 Å². The van der Waals surface area contributed by atoms with E-state index in [0.29, 0.717) is 5.82 Å². The van der Waals surface area contributed by atoms with E-state index in [-0.39, 0.29) is 18.4 Å². The molecule has 2 N–H and O–H groups in total. The second-order valence-electron chi connectivity index (χ2n) is 5.26. The van der Waals surface area contributed by atoms with Crippen molar-refractivity contribution in [3.8, 4) is 10.6 Å². The summed E-state index contributed by atoms with van der Waals surface area (Å²) in [5, 5.41) is 12.6. The Morgan fingerprint density at radius 2 is 2.09 bits per heavy atom. The van der Waals surface area contributed by atoms with Crippen LogP contribution in [-0.2, 0) is 11.2 Å². The standard InChI is InChI=1S/C16H17N5OS/c1-10(15-18-11(2)20-21-15)17-14(22)8-13-9-23-16(19-13)12-6-4-3-5-7-12/h3-7,9-10H,8H2,1-2H3,(H,17,22)(H,18,20,21)/t10-/m1/s1. The summed E-state index contributed by atoms with van der Waals surface area (Å²) >= 11 is 1.54. The largest absolute Gasteiger partial charge is 0.346 e. The van der Waals surface area contributed by atoms with Gasteiger partial charge < -0.3 is 5.32 Å². The normalized spacial score (nSPS) is 12.1. The van der Waals surface area contributed by atoms with Crippen molar-refractivity contribution in [1.82, 2.24) is 25.5 Å². The fraction of sp³-hybridized carbons (Fsp3) is 0.250. The lowest BCUT2D eigenvalue weighted by atomic mass is 10.2. The summed E-state index contributed by atoms with van der Waals surface area (Å²) in [4.78, 5) is 20.9. The van der Waals surface area contributed by atoms with E-state index < -0.39 is 0 Å². The van der Waals surface area contributed by atoms with Gasteiger partial charge in [0.2, 0.25) is 5.91 Å². The van der Waals surface area contributed by atoms with E-state index in [1.807, 2.05) is 49.6 Å². The SMILES string of the molecule is Cc1nc([C@@H](C)NC(=O)Cc2csc(-c3ccccc3)n2)n[nH]1. The van der Waals surface area contributed by atoms with Gasteiger partial charge in [-0.15, -0.1) is 11.3 Å². The van der Waals surface area contributed by atoms with Gasteiger partial charge in [-0.3, -0.25) is 9.89 Å². The van der Waals surface area contributed by atoms with Gasteiger partial charge in [0.1, 0.15) is 10.8 Å². The Kier molecular flexibility index (Phi) is 4.47. The molecule has 1 atom stereocenters. The van der Waals surface area contributed by atoms with E-state index in [2.05, 4.69) is 25.5 Å². The summed E-state index contributed by atoms with van der Waals surface area (Å²) in [6.07, 6.45) is 0.247. The van der Waals surface area contributed by atoms with Crippen LogP contribution in [0, 0.1) is 6.92 Å². The fourth-order valence-electron chi connectivity index (χ4n) is 2.18. The predicted octanol–water partition coefficient (Wildman–Crippen LogP) is 2.66. The Balaban J connectivity index is 1.61. The fourth-order valence-corrected chi connectivity index (χ4v) is 3.00. The molecule has 7 heteroatoms. The molecule has 0 aliphatic carbocycles. The summed E-state index contributed by atoms with van der Waals surface area (Å²) < 4.78 is 0. The first-order valence-electron chi connectivity index (χ1n) is 7.30. The molecular weight excluding hydrogens is 310 g/mol. The smallest absolute Gasteiger partial charge is 0.226 e. The summed E-state index contributed by atoms with van der Waals surface area (Å²) in [6, 6.07) is 9.71. The number of nitrogens with one attached hydrogen (secondary N) is 2. The summed E-state index contributed by atoms with van der Waals surface area (Å²) in [6.45, 7) is 3.68. The monoisotopic (exact) mass is 327 g/mol. The van der Waals surface area contributed by atoms with Crippen LogP contribution in [0.5, 0.6) is 0 Å². The molecule has 0 spiro atoms. The van der Waals surface area contributed by atoms with Gasteiger partial charge in [0.15, 0.2) is 5.82 Å². The van der Waals surface area contributed by atoms with Crippen LogP contribution < -0.4 is 5.32 Å². The van der Waals surface area contributed by atoms with E-state index in [9.17, 15) is 4.79 Å². The summed E-state index contributed by atoms with van der Waals surface area (Å²) in [7, 11) is 0. The highest BCUT2D eigenvalue weighted by Gasteiger charge is 2.15. The molecule has 0 saturated carbocycles. The third kappa shape index (κ3) is 3.81. The molecule has 2 aromatic heterocycles. The third-order valence-corrected chi connectivity index (χ3v) is 4.23. The number of aromatic nitrogens is 4. The molecule has 1 aromatic carbocycles. The Morgan fingerprint density at radius 3 is 2.78 bits per heavy atom. The topological polar surface area (TPSA) is 83.6 Å². The number of hydrogen-bond acceptors (Lipinski definition) is 5. The van der Waals surface area contributed by atoms with Crippen LogP contribution in [0.3, 0.4) is 0 Å². The molecule has 118 valence electrons. The summed E-state index contributed by atoms with van der Waals surface area (Å²) in [5.41, 5.74) is 1.83. The maximum Gasteiger partial charge on any atom is 0.226 e. The van der Waals surface area contributed by atoms with Gasteiger partial charge in [-0.1, -0.05) is 30.3 Å². The van der Waals surface area contributed by atoms with Crippen LogP contribution in [0.1, 0.15) is 30.3 Å². The molecule has 0 radical (unpaired) electrons. The van der Waals surface area contributed by atoms with Crippen LogP contribution in [-0.4, -0.2) is 26.1 Å². The Bertz CT molecular complexity index is 796. The minimum absolute atomic E-state index is 0.0927. The number of hydrogen-bond donors (Lipinski definition) is 2. The van der Waals surface area contributed by atoms with Crippen molar-refractivity contribution in [2.45, 2.75) is 26.3 Å². The zero-order valence-electron chi connectivity index (χ0n) is 12.9. The first-order valence-corrected chi connectivity index (χ1v) is 8.18. The Morgan fingerprint density at radius 1 is 1.30 bits per heavy atom. The number of thiazole rings is 1. The molecule has 0 aliphatic rings. The third-order valence-electron chi connectivity index (χ3n) is 3.29. The van der Waals surface area contributed by atoms with E-state index in [0.717, 1.165) is 22.1 Å². The van der Waals surface area contributed by atoms with Gasteiger partial charge in [-0.2, -0.15) is 5.10 Å². The lowest BCUT2D eigenvalue weighted by molar-refractivity contribution is -0.121. The van der Waals surface area contributed by atoms with Gasteiger partial charge in [0.25, 0.3) is 0 Å². The molecule has 2 heterocycles. The highest BCUT2D eigenvalue weighted by atomic mass is 32.1. The van der Waals surface area contributed by atoms with Crippen LogP contribution in [0.25, 0.3) is 10.6 Å². The molecule has 3 aromatic rings. The van der Waals surface area contributed by atoms with E-state index in [1.54, 1.807) is 11.3 Å². The predicted molar refractivity (Wildman–Crippen MR) is 88.9 cm³/mol. The number of H-pyrrole nitrogens is 1. The Hall–Kier alpha value is -2.54. The van der Waals surface area contributed by atoms with Gasteiger partial charge in [0.05, 0.1) is 18.2 Å². The molecular formula is C16H17N5OS. The Labute approximate surface area is 138 Å². The number of aromatic amines is 1. The zero-order chi connectivity index (χ0) is 16.2. The number of carbonyl (C=O) groups is 1. The minimum Gasteiger partial charge on any atom is -0.346 e. The van der Waals surface area contributed by atoms with Gasteiger partial charge in [-0.05, 0) is 13.8 Å². The first kappa shape index (κ1) is 15.4. The number of benzene rings is 1. The molecule has 3 rings (SSSR count). The lowest BCUT2D eigenvalue weighted by Crippen LogP contribution is -2.28. The average Bonchev–Trinajstić information content (AvgIpc) is 3.17. The van der Waals surface area contributed by atoms with Crippen molar-refractivity contribution < 1.29 is 4.79 Å². The van der Waals surface area contributed by atoms with Crippen molar-refractivity contribution in [2.24, 2.45) is 0 Å². The van der Waals surface area contributed by atoms with Gasteiger partial charge in [0, 0.05) is 10.9 Å². The summed E-state index contributed by atoms with van der Waals surface area (Å²) in [5.74, 6) is 1.22. The maximum absolute atomic E-state index is 12.1. The van der Waals surface area contributed by atoms with Crippen molar-refractivity contribution >= 4 is 17.2 Å². The van der Waals surface area contributed by atoms with E-state index in [4.69, 9.17) is 0 Å². The van der Waals surface area contributed by atoms with E-state index in [1.165, 1.54) is 0 Å². The zero-order valence-corrected chi connectivity index (χ0v) is 13.7. The highest BCUT2D eigenvalue weighted by molar-refractivity contribution is 7.13. The molecule has 0 aliphatic heterocycles. The maximum atomic E-state index is 12.1. The highest BCUT2D eigenvalue weighted by Crippen LogP contribution is 2.23. The van der Waals surface area contributed by atoms with Crippen LogP contribution in [0.2, 0.25) is 0 Å². The van der Waals surface area contributed by atoms with Crippen LogP contribution in [0.4, 0.5) is 0 Å². The van der Waals surface area contributed by atoms with Gasteiger partial charge in [-0.25, -0.2) is 9.97 Å². The number of rotatable bonds is 5. The number of amides is 1. The second kappa shape index (κ2) is 6.70. The molecule has 23 heavy (non-hydrogen) atoms. The van der Waals surface area contributed by atoms with Crippen molar-refractivity contribution in [3.63, 3.8) is 0 Å². The lowest BCUT2D eigenvalue weighted by Gasteiger charge is -2.09. The molecule has 6 nitrogen and oxygen atoms in total. The van der Waals surface area contributed by atoms with Crippen molar-refractivity contribution in [3.05, 3.63) is 53.1 Å². The minimum atomic E-state index is -0.236. The molecule has 0 unspecified atom stereocenters. The second-order valence-corrected chi connectivity index (χ2v) is 6.11. The van der Waals surface area contributed by atoms with Crippen molar-refractivity contribution in [1.29, 1.82) is 0 Å². The van der Waals surface area contributed by atoms with Crippen LogP contribution >= 0.6 is 11.3 Å². The van der Waals surface area contributed by atoms with E-state index >= 15 is 0 Å². The number of carbonyl (C=O) groups excluding carboxylic acids is 1. The quantitative estimate of drug-likeness (QED) is 0.754. The first-order chi connectivity index (χ1) is 11.1. The molecule has 1 amide bonds. The molecule has 0 saturated heterocycles. The van der Waals surface area contributed by atoms with Gasteiger partial charge >= 0.3 is 0 Å². The number of aryl methyl sites for hydroxylation is 1.